The molecule has 0 atom stereocenters. The van der Waals surface area contributed by atoms with Gasteiger partial charge in [0.05, 0.1) is 13.7 Å². The Balaban J connectivity index is 1.91. The van der Waals surface area contributed by atoms with E-state index in [9.17, 15) is 4.79 Å². The Morgan fingerprint density at radius 2 is 1.70 bits per heavy atom. The number of amides is 1. The molecule has 27 heavy (non-hydrogen) atoms. The summed E-state index contributed by atoms with van der Waals surface area (Å²) in [5.41, 5.74) is 1.83. The van der Waals surface area contributed by atoms with E-state index in [2.05, 4.69) is 19.2 Å². The molecule has 0 heterocycles. The van der Waals surface area contributed by atoms with Gasteiger partial charge in [-0.1, -0.05) is 26.0 Å². The number of anilines is 1. The molecule has 0 aliphatic rings. The lowest BCUT2D eigenvalue weighted by Gasteiger charge is -2.13. The zero-order chi connectivity index (χ0) is 19.6. The lowest BCUT2D eigenvalue weighted by Crippen LogP contribution is -2.20. The monoisotopic (exact) mass is 373 g/mol. The van der Waals surface area contributed by atoms with Crippen LogP contribution >= 0.6 is 0 Å². The van der Waals surface area contributed by atoms with Crippen molar-refractivity contribution in [3.63, 3.8) is 0 Å². The molecule has 0 aromatic heterocycles. The Morgan fingerprint density at radius 3 is 2.33 bits per heavy atom. The van der Waals surface area contributed by atoms with E-state index in [1.165, 1.54) is 5.56 Å². The van der Waals surface area contributed by atoms with Crippen molar-refractivity contribution in [1.29, 1.82) is 0 Å². The number of hydrogen-bond donors (Lipinski definition) is 1. The Hall–Kier alpha value is -2.73. The summed E-state index contributed by atoms with van der Waals surface area (Å²) < 4.78 is 21.4. The third-order valence-electron chi connectivity index (χ3n) is 3.91. The molecule has 146 valence electrons. The van der Waals surface area contributed by atoms with Gasteiger partial charge in [0.1, 0.15) is 12.4 Å². The first-order chi connectivity index (χ1) is 13.0. The van der Waals surface area contributed by atoms with Gasteiger partial charge in [0.2, 0.25) is 0 Å². The highest BCUT2D eigenvalue weighted by molar-refractivity contribution is 5.92. The normalized spacial score (nSPS) is 10.6. The summed E-state index contributed by atoms with van der Waals surface area (Å²) >= 11 is 0. The molecule has 0 spiro atoms. The maximum Gasteiger partial charge on any atom is 0.262 e. The van der Waals surface area contributed by atoms with Gasteiger partial charge < -0.3 is 24.3 Å². The quantitative estimate of drug-likeness (QED) is 0.641. The van der Waals surface area contributed by atoms with Crippen LogP contribution in [-0.2, 0) is 9.53 Å². The summed E-state index contributed by atoms with van der Waals surface area (Å²) in [5, 5.41) is 2.79. The summed E-state index contributed by atoms with van der Waals surface area (Å²) in [6.07, 6.45) is 0. The average Bonchev–Trinajstić information content (AvgIpc) is 2.67. The van der Waals surface area contributed by atoms with Crippen LogP contribution in [0.3, 0.4) is 0 Å². The molecule has 6 nitrogen and oxygen atoms in total. The summed E-state index contributed by atoms with van der Waals surface area (Å²) in [6, 6.07) is 13.0. The van der Waals surface area contributed by atoms with Gasteiger partial charge in [-0.15, -0.1) is 0 Å². The molecule has 0 saturated heterocycles. The number of hydrogen-bond acceptors (Lipinski definition) is 5. The van der Waals surface area contributed by atoms with Crippen molar-refractivity contribution < 1.29 is 23.7 Å². The van der Waals surface area contributed by atoms with Gasteiger partial charge in [0.25, 0.3) is 5.91 Å². The Labute approximate surface area is 160 Å². The molecule has 0 unspecified atom stereocenters. The third kappa shape index (κ3) is 6.49. The summed E-state index contributed by atoms with van der Waals surface area (Å²) in [6.45, 7) is 5.03. The fourth-order valence-electron chi connectivity index (χ4n) is 2.40. The van der Waals surface area contributed by atoms with Crippen LogP contribution in [0.1, 0.15) is 25.3 Å². The van der Waals surface area contributed by atoms with E-state index in [4.69, 9.17) is 18.9 Å². The number of rotatable bonds is 10. The number of benzene rings is 2. The highest BCUT2D eigenvalue weighted by Gasteiger charge is 2.09. The van der Waals surface area contributed by atoms with Crippen LogP contribution in [0.4, 0.5) is 5.69 Å². The van der Waals surface area contributed by atoms with Gasteiger partial charge in [0.15, 0.2) is 18.1 Å². The molecular formula is C21H27NO5. The molecule has 1 amide bonds. The first-order valence-corrected chi connectivity index (χ1v) is 8.86. The lowest BCUT2D eigenvalue weighted by molar-refractivity contribution is -0.118. The summed E-state index contributed by atoms with van der Waals surface area (Å²) in [5.74, 6) is 1.99. The van der Waals surface area contributed by atoms with E-state index >= 15 is 0 Å². The van der Waals surface area contributed by atoms with Crippen LogP contribution in [0, 0.1) is 0 Å². The van der Waals surface area contributed by atoms with Gasteiger partial charge in [-0.05, 0) is 35.7 Å². The Bertz CT molecular complexity index is 728. The van der Waals surface area contributed by atoms with Crippen molar-refractivity contribution in [2.75, 3.05) is 39.4 Å². The Morgan fingerprint density at radius 1 is 0.963 bits per heavy atom. The Kier molecular flexibility index (Phi) is 7.95. The first-order valence-electron chi connectivity index (χ1n) is 8.86. The molecule has 1 N–H and O–H groups in total. The van der Waals surface area contributed by atoms with Crippen LogP contribution in [-0.4, -0.2) is 39.9 Å². The molecule has 2 aromatic carbocycles. The van der Waals surface area contributed by atoms with Gasteiger partial charge in [-0.3, -0.25) is 4.79 Å². The van der Waals surface area contributed by atoms with Crippen LogP contribution < -0.4 is 19.5 Å². The number of carbonyl (C=O) groups is 1. The summed E-state index contributed by atoms with van der Waals surface area (Å²) in [4.78, 5) is 12.2. The average molecular weight is 373 g/mol. The van der Waals surface area contributed by atoms with E-state index in [0.717, 1.165) is 0 Å². The van der Waals surface area contributed by atoms with E-state index < -0.39 is 0 Å². The van der Waals surface area contributed by atoms with Gasteiger partial charge in [-0.25, -0.2) is 0 Å². The highest BCUT2D eigenvalue weighted by Crippen LogP contribution is 2.30. The second-order valence-corrected chi connectivity index (χ2v) is 6.27. The standard InChI is InChI=1S/C21H27NO5/c1-15(2)16-5-8-18(9-6-16)27-14-21(23)22-17-7-10-19(25-4)20(13-17)26-12-11-24-3/h5-10,13,15H,11-12,14H2,1-4H3,(H,22,23). The smallest absolute Gasteiger partial charge is 0.262 e. The number of methoxy groups -OCH3 is 2. The predicted molar refractivity (Wildman–Crippen MR) is 105 cm³/mol. The molecule has 0 aliphatic heterocycles. The first kappa shape index (κ1) is 20.6. The lowest BCUT2D eigenvalue weighted by atomic mass is 10.0. The minimum absolute atomic E-state index is 0.0765. The fraction of sp³-hybridized carbons (Fsp3) is 0.381. The zero-order valence-corrected chi connectivity index (χ0v) is 16.3. The van der Waals surface area contributed by atoms with Crippen LogP contribution in [0.5, 0.6) is 17.2 Å². The van der Waals surface area contributed by atoms with Crippen LogP contribution in [0.2, 0.25) is 0 Å². The molecule has 0 fully saturated rings. The SMILES string of the molecule is COCCOc1cc(NC(=O)COc2ccc(C(C)C)cc2)ccc1OC. The second kappa shape index (κ2) is 10.4. The fourth-order valence-corrected chi connectivity index (χ4v) is 2.40. The molecule has 2 rings (SSSR count). The topological polar surface area (TPSA) is 66.0 Å². The number of carbonyl (C=O) groups excluding carboxylic acids is 1. The van der Waals surface area contributed by atoms with Crippen molar-refractivity contribution in [1.82, 2.24) is 0 Å². The highest BCUT2D eigenvalue weighted by atomic mass is 16.5. The van der Waals surface area contributed by atoms with Crippen molar-refractivity contribution >= 4 is 11.6 Å². The molecule has 6 heteroatoms. The van der Waals surface area contributed by atoms with Crippen molar-refractivity contribution in [3.8, 4) is 17.2 Å². The number of ether oxygens (including phenoxy) is 4. The molecule has 0 radical (unpaired) electrons. The molecular weight excluding hydrogens is 346 g/mol. The maximum atomic E-state index is 12.2. The summed E-state index contributed by atoms with van der Waals surface area (Å²) in [7, 11) is 3.17. The van der Waals surface area contributed by atoms with E-state index in [0.29, 0.717) is 42.1 Å². The van der Waals surface area contributed by atoms with Crippen molar-refractivity contribution in [2.45, 2.75) is 19.8 Å². The molecule has 0 aliphatic carbocycles. The second-order valence-electron chi connectivity index (χ2n) is 6.27. The van der Waals surface area contributed by atoms with Gasteiger partial charge in [-0.2, -0.15) is 0 Å². The van der Waals surface area contributed by atoms with Crippen molar-refractivity contribution in [3.05, 3.63) is 48.0 Å². The number of nitrogens with one attached hydrogen (secondary N) is 1. The van der Waals surface area contributed by atoms with Crippen LogP contribution in [0.25, 0.3) is 0 Å². The molecule has 2 aromatic rings. The minimum atomic E-state index is -0.254. The minimum Gasteiger partial charge on any atom is -0.493 e. The van der Waals surface area contributed by atoms with E-state index in [-0.39, 0.29) is 12.5 Å². The largest absolute Gasteiger partial charge is 0.493 e. The van der Waals surface area contributed by atoms with Gasteiger partial charge in [0, 0.05) is 18.9 Å². The van der Waals surface area contributed by atoms with E-state index in [1.807, 2.05) is 24.3 Å². The van der Waals surface area contributed by atoms with Gasteiger partial charge >= 0.3 is 0 Å². The van der Waals surface area contributed by atoms with Crippen LogP contribution in [0.15, 0.2) is 42.5 Å². The maximum absolute atomic E-state index is 12.2. The third-order valence-corrected chi connectivity index (χ3v) is 3.91. The zero-order valence-electron chi connectivity index (χ0n) is 16.3. The molecule has 0 bridgehead atoms. The van der Waals surface area contributed by atoms with Crippen molar-refractivity contribution in [2.24, 2.45) is 0 Å². The molecule has 0 saturated carbocycles. The predicted octanol–water partition coefficient (Wildman–Crippen LogP) is 3.86. The van der Waals surface area contributed by atoms with E-state index in [1.54, 1.807) is 32.4 Å².